The van der Waals surface area contributed by atoms with Gasteiger partial charge in [-0.1, -0.05) is 30.3 Å². The second-order valence-corrected chi connectivity index (χ2v) is 8.14. The second-order valence-electron chi connectivity index (χ2n) is 7.20. The van der Waals surface area contributed by atoms with Crippen molar-refractivity contribution >= 4 is 23.0 Å². The average molecular weight is 395 g/mol. The topological polar surface area (TPSA) is 57.2 Å². The molecular formula is C21H26N6S. The lowest BCUT2D eigenvalue weighted by Crippen LogP contribution is -2.44. The molecule has 1 fully saturated rings. The van der Waals surface area contributed by atoms with Gasteiger partial charge < -0.3 is 15.1 Å². The fraction of sp³-hybridized carbons (Fsp3) is 0.381. The summed E-state index contributed by atoms with van der Waals surface area (Å²) in [5.41, 5.74) is 2.34. The minimum absolute atomic E-state index is 0.671. The van der Waals surface area contributed by atoms with Gasteiger partial charge in [-0.2, -0.15) is 0 Å². The van der Waals surface area contributed by atoms with Crippen molar-refractivity contribution in [3.05, 3.63) is 63.9 Å². The second kappa shape index (κ2) is 8.67. The summed E-state index contributed by atoms with van der Waals surface area (Å²) in [6.45, 7) is 6.75. The molecule has 28 heavy (non-hydrogen) atoms. The summed E-state index contributed by atoms with van der Waals surface area (Å²) in [7, 11) is 2.16. The Hall–Kier alpha value is -2.51. The van der Waals surface area contributed by atoms with Crippen molar-refractivity contribution in [1.82, 2.24) is 19.9 Å². The Balaban J connectivity index is 1.38. The quantitative estimate of drug-likeness (QED) is 0.693. The van der Waals surface area contributed by atoms with E-state index in [-0.39, 0.29) is 0 Å². The highest BCUT2D eigenvalue weighted by atomic mass is 32.1. The lowest BCUT2D eigenvalue weighted by Gasteiger charge is -2.33. The van der Waals surface area contributed by atoms with Crippen LogP contribution in [-0.2, 0) is 13.0 Å². The monoisotopic (exact) mass is 394 g/mol. The van der Waals surface area contributed by atoms with Gasteiger partial charge in [-0.25, -0.2) is 15.0 Å². The van der Waals surface area contributed by atoms with E-state index >= 15 is 0 Å². The Morgan fingerprint density at radius 2 is 1.82 bits per heavy atom. The molecule has 0 amide bonds. The minimum atomic E-state index is 0.671. The van der Waals surface area contributed by atoms with Gasteiger partial charge >= 0.3 is 0 Å². The summed E-state index contributed by atoms with van der Waals surface area (Å²) in [5, 5.41) is 6.69. The number of anilines is 2. The Bertz CT molecular complexity index is 902. The molecule has 0 radical (unpaired) electrons. The summed E-state index contributed by atoms with van der Waals surface area (Å²) < 4.78 is 0. The van der Waals surface area contributed by atoms with Gasteiger partial charge in [0.1, 0.15) is 17.5 Å². The molecule has 0 atom stereocenters. The van der Waals surface area contributed by atoms with Crippen LogP contribution in [0.25, 0.3) is 0 Å². The largest absolute Gasteiger partial charge is 0.364 e. The number of likely N-dealkylation sites (N-methyl/N-ethyl adjacent to an activating group) is 1. The fourth-order valence-electron chi connectivity index (χ4n) is 3.30. The predicted octanol–water partition coefficient (Wildman–Crippen LogP) is 3.20. The molecule has 6 nitrogen and oxygen atoms in total. The van der Waals surface area contributed by atoms with Crippen LogP contribution in [0, 0.1) is 6.92 Å². The van der Waals surface area contributed by atoms with Crippen molar-refractivity contribution in [2.24, 2.45) is 0 Å². The summed E-state index contributed by atoms with van der Waals surface area (Å²) in [4.78, 5) is 18.6. The maximum atomic E-state index is 4.76. The van der Waals surface area contributed by atoms with Gasteiger partial charge in [0.2, 0.25) is 0 Å². The first-order valence-corrected chi connectivity index (χ1v) is 10.5. The van der Waals surface area contributed by atoms with Crippen LogP contribution >= 0.6 is 11.3 Å². The number of rotatable bonds is 6. The number of nitrogens with zero attached hydrogens (tertiary/aromatic N) is 5. The average Bonchev–Trinajstić information content (AvgIpc) is 3.15. The van der Waals surface area contributed by atoms with Gasteiger partial charge in [-0.05, 0) is 19.5 Å². The first-order chi connectivity index (χ1) is 13.7. The fourth-order valence-corrected chi connectivity index (χ4v) is 4.13. The molecule has 1 aliphatic rings. The zero-order valence-corrected chi connectivity index (χ0v) is 17.2. The molecule has 3 aromatic rings. The van der Waals surface area contributed by atoms with Gasteiger partial charge in [-0.15, -0.1) is 11.3 Å². The third kappa shape index (κ3) is 4.85. The number of hydrogen-bond donors (Lipinski definition) is 1. The number of hydrogen-bond acceptors (Lipinski definition) is 7. The lowest BCUT2D eigenvalue weighted by atomic mass is 10.2. The highest BCUT2D eigenvalue weighted by Gasteiger charge is 2.16. The maximum absolute atomic E-state index is 4.76. The molecule has 4 rings (SSSR count). The molecule has 0 spiro atoms. The van der Waals surface area contributed by atoms with E-state index in [2.05, 4.69) is 67.8 Å². The molecule has 146 valence electrons. The number of benzene rings is 1. The van der Waals surface area contributed by atoms with Crippen molar-refractivity contribution in [2.75, 3.05) is 43.4 Å². The van der Waals surface area contributed by atoms with Crippen LogP contribution in [-0.4, -0.2) is 53.1 Å². The highest BCUT2D eigenvalue weighted by molar-refractivity contribution is 7.09. The molecule has 0 saturated carbocycles. The molecule has 1 saturated heterocycles. The van der Waals surface area contributed by atoms with Gasteiger partial charge in [0.05, 0.1) is 17.2 Å². The van der Waals surface area contributed by atoms with Crippen LogP contribution in [0.5, 0.6) is 0 Å². The summed E-state index contributed by atoms with van der Waals surface area (Å²) in [6.07, 6.45) is 0.881. The van der Waals surface area contributed by atoms with E-state index in [0.717, 1.165) is 60.8 Å². The molecule has 7 heteroatoms. The number of aryl methyl sites for hydroxylation is 1. The smallest absolute Gasteiger partial charge is 0.134 e. The number of aromatic nitrogens is 3. The van der Waals surface area contributed by atoms with Gasteiger partial charge in [0.25, 0.3) is 0 Å². The summed E-state index contributed by atoms with van der Waals surface area (Å²) >= 11 is 1.71. The van der Waals surface area contributed by atoms with E-state index in [0.29, 0.717) is 6.54 Å². The Kier molecular flexibility index (Phi) is 5.83. The Labute approximate surface area is 170 Å². The van der Waals surface area contributed by atoms with Crippen molar-refractivity contribution in [3.8, 4) is 0 Å². The van der Waals surface area contributed by atoms with E-state index in [1.807, 2.05) is 13.0 Å². The first kappa shape index (κ1) is 18.8. The maximum Gasteiger partial charge on any atom is 0.134 e. The van der Waals surface area contributed by atoms with Crippen LogP contribution in [0.3, 0.4) is 0 Å². The Morgan fingerprint density at radius 3 is 2.61 bits per heavy atom. The summed E-state index contributed by atoms with van der Waals surface area (Å²) in [6, 6.07) is 12.5. The highest BCUT2D eigenvalue weighted by Crippen LogP contribution is 2.19. The molecule has 0 unspecified atom stereocenters. The van der Waals surface area contributed by atoms with Crippen LogP contribution in [0.15, 0.2) is 41.8 Å². The zero-order chi connectivity index (χ0) is 19.3. The van der Waals surface area contributed by atoms with Gasteiger partial charge in [-0.3, -0.25) is 0 Å². The van der Waals surface area contributed by atoms with Gasteiger partial charge in [0.15, 0.2) is 0 Å². The lowest BCUT2D eigenvalue weighted by molar-refractivity contribution is 0.312. The van der Waals surface area contributed by atoms with E-state index in [1.165, 1.54) is 5.56 Å². The molecule has 2 aromatic heterocycles. The van der Waals surface area contributed by atoms with Crippen LogP contribution in [0.4, 0.5) is 11.6 Å². The minimum Gasteiger partial charge on any atom is -0.364 e. The molecule has 3 heterocycles. The third-order valence-corrected chi connectivity index (χ3v) is 5.80. The third-order valence-electron chi connectivity index (χ3n) is 4.90. The van der Waals surface area contributed by atoms with Crippen LogP contribution < -0.4 is 10.2 Å². The van der Waals surface area contributed by atoms with Crippen molar-refractivity contribution in [2.45, 2.75) is 19.9 Å². The van der Waals surface area contributed by atoms with E-state index < -0.39 is 0 Å². The standard InChI is InChI=1S/C21H26N6S/c1-16-23-19(13-20(24-16)27-10-8-26(2)9-11-27)22-14-18-15-28-21(25-18)12-17-6-4-3-5-7-17/h3-7,13,15H,8-12,14H2,1-2H3,(H,22,23,24). The van der Waals surface area contributed by atoms with Crippen molar-refractivity contribution in [3.63, 3.8) is 0 Å². The number of piperazine rings is 1. The molecule has 1 aromatic carbocycles. The van der Waals surface area contributed by atoms with Crippen LogP contribution in [0.2, 0.25) is 0 Å². The molecule has 1 N–H and O–H groups in total. The predicted molar refractivity (Wildman–Crippen MR) is 115 cm³/mol. The zero-order valence-electron chi connectivity index (χ0n) is 16.4. The van der Waals surface area contributed by atoms with Crippen molar-refractivity contribution < 1.29 is 0 Å². The normalized spacial score (nSPS) is 15.0. The number of thiazole rings is 1. The molecular weight excluding hydrogens is 368 g/mol. The molecule has 0 bridgehead atoms. The van der Waals surface area contributed by atoms with E-state index in [1.54, 1.807) is 11.3 Å². The van der Waals surface area contributed by atoms with Gasteiger partial charge in [0, 0.05) is 44.0 Å². The SMILES string of the molecule is Cc1nc(NCc2csc(Cc3ccccc3)n2)cc(N2CCN(C)CC2)n1. The molecule has 0 aliphatic carbocycles. The number of nitrogens with one attached hydrogen (secondary N) is 1. The molecule has 1 aliphatic heterocycles. The van der Waals surface area contributed by atoms with Crippen LogP contribution in [0.1, 0.15) is 22.1 Å². The van der Waals surface area contributed by atoms with E-state index in [9.17, 15) is 0 Å². The first-order valence-electron chi connectivity index (χ1n) is 9.66. The Morgan fingerprint density at radius 1 is 1.04 bits per heavy atom. The summed E-state index contributed by atoms with van der Waals surface area (Å²) in [5.74, 6) is 2.66. The van der Waals surface area contributed by atoms with Crippen molar-refractivity contribution in [1.29, 1.82) is 0 Å². The van der Waals surface area contributed by atoms with E-state index in [4.69, 9.17) is 4.98 Å².